The quantitative estimate of drug-likeness (QED) is 0.720. The first-order chi connectivity index (χ1) is 7.56. The predicted octanol–water partition coefficient (Wildman–Crippen LogP) is 3.66. The molecular formula is C15H25N. The van der Waals surface area contributed by atoms with Crippen molar-refractivity contribution < 1.29 is 0 Å². The van der Waals surface area contributed by atoms with E-state index in [0.717, 1.165) is 13.1 Å². The average molecular weight is 219 g/mol. The molecule has 1 nitrogen and oxygen atoms in total. The van der Waals surface area contributed by atoms with Crippen LogP contribution in [0.5, 0.6) is 0 Å². The van der Waals surface area contributed by atoms with Gasteiger partial charge in [-0.05, 0) is 43.8 Å². The van der Waals surface area contributed by atoms with Crippen LogP contribution < -0.4 is 5.32 Å². The SMILES string of the molecule is CCCNCCC(C)(C)c1cccc(C)c1. The van der Waals surface area contributed by atoms with Gasteiger partial charge in [0.05, 0.1) is 0 Å². The van der Waals surface area contributed by atoms with Crippen molar-refractivity contribution in [1.29, 1.82) is 0 Å². The summed E-state index contributed by atoms with van der Waals surface area (Å²) in [5, 5.41) is 3.48. The van der Waals surface area contributed by atoms with E-state index in [1.54, 1.807) is 0 Å². The molecule has 0 bridgehead atoms. The Morgan fingerprint density at radius 2 is 1.94 bits per heavy atom. The van der Waals surface area contributed by atoms with Gasteiger partial charge >= 0.3 is 0 Å². The number of hydrogen-bond acceptors (Lipinski definition) is 1. The Labute approximate surface area is 100 Å². The van der Waals surface area contributed by atoms with Crippen LogP contribution in [0.1, 0.15) is 44.7 Å². The molecule has 0 radical (unpaired) electrons. The molecule has 0 spiro atoms. The van der Waals surface area contributed by atoms with Gasteiger partial charge in [-0.15, -0.1) is 0 Å². The van der Waals surface area contributed by atoms with Crippen LogP contribution in [0.4, 0.5) is 0 Å². The molecule has 0 aliphatic carbocycles. The zero-order valence-corrected chi connectivity index (χ0v) is 11.1. The maximum Gasteiger partial charge on any atom is -0.00406 e. The third-order valence-corrected chi connectivity index (χ3v) is 3.15. The van der Waals surface area contributed by atoms with Crippen molar-refractivity contribution in [3.05, 3.63) is 35.4 Å². The largest absolute Gasteiger partial charge is 0.317 e. The van der Waals surface area contributed by atoms with Crippen LogP contribution in [-0.2, 0) is 5.41 Å². The second-order valence-corrected chi connectivity index (χ2v) is 5.25. The van der Waals surface area contributed by atoms with Gasteiger partial charge in [0.1, 0.15) is 0 Å². The van der Waals surface area contributed by atoms with Crippen molar-refractivity contribution in [2.75, 3.05) is 13.1 Å². The lowest BCUT2D eigenvalue weighted by Gasteiger charge is -2.26. The van der Waals surface area contributed by atoms with Crippen molar-refractivity contribution in [2.24, 2.45) is 0 Å². The molecule has 0 saturated heterocycles. The molecule has 1 aromatic rings. The molecule has 0 unspecified atom stereocenters. The lowest BCUT2D eigenvalue weighted by molar-refractivity contribution is 0.457. The van der Waals surface area contributed by atoms with Crippen LogP contribution in [0.15, 0.2) is 24.3 Å². The van der Waals surface area contributed by atoms with Crippen LogP contribution in [0.25, 0.3) is 0 Å². The zero-order chi connectivity index (χ0) is 12.0. The molecule has 1 heteroatoms. The van der Waals surface area contributed by atoms with E-state index in [1.165, 1.54) is 24.0 Å². The summed E-state index contributed by atoms with van der Waals surface area (Å²) in [6, 6.07) is 8.87. The van der Waals surface area contributed by atoms with E-state index in [4.69, 9.17) is 0 Å². The first-order valence-electron chi connectivity index (χ1n) is 6.34. The fourth-order valence-corrected chi connectivity index (χ4v) is 1.91. The standard InChI is InChI=1S/C15H25N/c1-5-10-16-11-9-15(3,4)14-8-6-7-13(2)12-14/h6-8,12,16H,5,9-11H2,1-4H3. The first-order valence-corrected chi connectivity index (χ1v) is 6.34. The summed E-state index contributed by atoms with van der Waals surface area (Å²) < 4.78 is 0. The molecule has 1 rings (SSSR count). The summed E-state index contributed by atoms with van der Waals surface area (Å²) in [5.74, 6) is 0. The molecule has 1 aromatic carbocycles. The van der Waals surface area contributed by atoms with E-state index in [0.29, 0.717) is 0 Å². The molecule has 0 aliphatic rings. The number of hydrogen-bond donors (Lipinski definition) is 1. The van der Waals surface area contributed by atoms with Gasteiger partial charge in [-0.2, -0.15) is 0 Å². The van der Waals surface area contributed by atoms with E-state index < -0.39 is 0 Å². The minimum atomic E-state index is 0.271. The van der Waals surface area contributed by atoms with Crippen molar-refractivity contribution in [3.63, 3.8) is 0 Å². The van der Waals surface area contributed by atoms with Crippen LogP contribution in [0, 0.1) is 6.92 Å². The first kappa shape index (κ1) is 13.2. The molecule has 0 saturated carbocycles. The van der Waals surface area contributed by atoms with Crippen molar-refractivity contribution in [3.8, 4) is 0 Å². The second-order valence-electron chi connectivity index (χ2n) is 5.25. The smallest absolute Gasteiger partial charge is 0.00406 e. The fourth-order valence-electron chi connectivity index (χ4n) is 1.91. The monoisotopic (exact) mass is 219 g/mol. The lowest BCUT2D eigenvalue weighted by Crippen LogP contribution is -2.25. The van der Waals surface area contributed by atoms with Crippen LogP contribution >= 0.6 is 0 Å². The summed E-state index contributed by atoms with van der Waals surface area (Å²) in [6.07, 6.45) is 2.40. The Morgan fingerprint density at radius 3 is 2.56 bits per heavy atom. The second kappa shape index (κ2) is 6.05. The highest BCUT2D eigenvalue weighted by atomic mass is 14.8. The fraction of sp³-hybridized carbons (Fsp3) is 0.600. The third-order valence-electron chi connectivity index (χ3n) is 3.15. The van der Waals surface area contributed by atoms with Gasteiger partial charge in [-0.3, -0.25) is 0 Å². The van der Waals surface area contributed by atoms with E-state index in [-0.39, 0.29) is 5.41 Å². The Balaban J connectivity index is 2.55. The minimum absolute atomic E-state index is 0.271. The zero-order valence-electron chi connectivity index (χ0n) is 11.1. The highest BCUT2D eigenvalue weighted by molar-refractivity contribution is 5.28. The Kier molecular flexibility index (Phi) is 5.01. The third kappa shape index (κ3) is 3.97. The van der Waals surface area contributed by atoms with E-state index in [9.17, 15) is 0 Å². The predicted molar refractivity (Wildman–Crippen MR) is 72.0 cm³/mol. The highest BCUT2D eigenvalue weighted by Crippen LogP contribution is 2.26. The van der Waals surface area contributed by atoms with Gasteiger partial charge in [-0.1, -0.05) is 50.6 Å². The minimum Gasteiger partial charge on any atom is -0.317 e. The normalized spacial score (nSPS) is 11.8. The molecule has 16 heavy (non-hydrogen) atoms. The van der Waals surface area contributed by atoms with Crippen LogP contribution in [0.2, 0.25) is 0 Å². The van der Waals surface area contributed by atoms with E-state index in [2.05, 4.69) is 57.3 Å². The molecule has 0 amide bonds. The van der Waals surface area contributed by atoms with Crippen molar-refractivity contribution in [1.82, 2.24) is 5.32 Å². The average Bonchev–Trinajstić information content (AvgIpc) is 2.24. The van der Waals surface area contributed by atoms with Gasteiger partial charge in [-0.25, -0.2) is 0 Å². The summed E-state index contributed by atoms with van der Waals surface area (Å²) in [6.45, 7) is 11.3. The number of benzene rings is 1. The van der Waals surface area contributed by atoms with E-state index in [1.807, 2.05) is 0 Å². The van der Waals surface area contributed by atoms with Gasteiger partial charge in [0.25, 0.3) is 0 Å². The summed E-state index contributed by atoms with van der Waals surface area (Å²) in [4.78, 5) is 0. The topological polar surface area (TPSA) is 12.0 Å². The van der Waals surface area contributed by atoms with Gasteiger partial charge in [0.15, 0.2) is 0 Å². The lowest BCUT2D eigenvalue weighted by atomic mass is 9.81. The van der Waals surface area contributed by atoms with Crippen LogP contribution in [-0.4, -0.2) is 13.1 Å². The molecule has 0 fully saturated rings. The molecular weight excluding hydrogens is 194 g/mol. The van der Waals surface area contributed by atoms with Crippen LogP contribution in [0.3, 0.4) is 0 Å². The summed E-state index contributed by atoms with van der Waals surface area (Å²) in [7, 11) is 0. The molecule has 0 aliphatic heterocycles. The summed E-state index contributed by atoms with van der Waals surface area (Å²) >= 11 is 0. The van der Waals surface area contributed by atoms with Crippen molar-refractivity contribution >= 4 is 0 Å². The molecule has 1 N–H and O–H groups in total. The van der Waals surface area contributed by atoms with Gasteiger partial charge in [0.2, 0.25) is 0 Å². The van der Waals surface area contributed by atoms with Crippen molar-refractivity contribution in [2.45, 2.75) is 46.0 Å². The maximum absolute atomic E-state index is 3.48. The summed E-state index contributed by atoms with van der Waals surface area (Å²) in [5.41, 5.74) is 3.07. The van der Waals surface area contributed by atoms with E-state index >= 15 is 0 Å². The molecule has 90 valence electrons. The highest BCUT2D eigenvalue weighted by Gasteiger charge is 2.19. The Morgan fingerprint density at radius 1 is 1.19 bits per heavy atom. The number of nitrogens with one attached hydrogen (secondary N) is 1. The van der Waals surface area contributed by atoms with Gasteiger partial charge < -0.3 is 5.32 Å². The molecule has 0 heterocycles. The Bertz CT molecular complexity index is 315. The molecule has 0 atom stereocenters. The number of rotatable bonds is 6. The Hall–Kier alpha value is -0.820. The molecule has 0 aromatic heterocycles. The number of aryl methyl sites for hydroxylation is 1. The van der Waals surface area contributed by atoms with Gasteiger partial charge in [0, 0.05) is 0 Å². The maximum atomic E-state index is 3.48.